The number of carbonyl (C=O) groups is 1. The second-order valence-electron chi connectivity index (χ2n) is 7.68. The SMILES string of the molecule is Cc1cc(C(=O)CSc2ncnc3scc(-c4ccccc4)c23)c(C)n1-c1ccc(Cl)cc1. The summed E-state index contributed by atoms with van der Waals surface area (Å²) in [6.45, 7) is 3.99. The van der Waals surface area contributed by atoms with E-state index in [4.69, 9.17) is 11.6 Å². The van der Waals surface area contributed by atoms with Gasteiger partial charge in [0.05, 0.1) is 11.1 Å². The molecule has 0 saturated carbocycles. The molecule has 33 heavy (non-hydrogen) atoms. The molecule has 0 atom stereocenters. The quantitative estimate of drug-likeness (QED) is 0.142. The minimum Gasteiger partial charge on any atom is -0.318 e. The van der Waals surface area contributed by atoms with Crippen molar-refractivity contribution in [1.82, 2.24) is 14.5 Å². The molecule has 5 rings (SSSR count). The lowest BCUT2D eigenvalue weighted by Crippen LogP contribution is -2.06. The van der Waals surface area contributed by atoms with Gasteiger partial charge in [0.2, 0.25) is 0 Å². The Morgan fingerprint density at radius 3 is 2.58 bits per heavy atom. The Balaban J connectivity index is 1.43. The first-order valence-corrected chi connectivity index (χ1v) is 12.7. The topological polar surface area (TPSA) is 47.8 Å². The Morgan fingerprint density at radius 1 is 1.06 bits per heavy atom. The highest BCUT2D eigenvalue weighted by atomic mass is 35.5. The minimum absolute atomic E-state index is 0.0802. The van der Waals surface area contributed by atoms with Gasteiger partial charge in [-0.2, -0.15) is 0 Å². The van der Waals surface area contributed by atoms with Gasteiger partial charge in [-0.1, -0.05) is 53.7 Å². The summed E-state index contributed by atoms with van der Waals surface area (Å²) in [5.74, 6) is 0.387. The van der Waals surface area contributed by atoms with Crippen LogP contribution in [0.4, 0.5) is 0 Å². The molecule has 0 unspecified atom stereocenters. The van der Waals surface area contributed by atoms with Crippen LogP contribution in [0.2, 0.25) is 5.02 Å². The summed E-state index contributed by atoms with van der Waals surface area (Å²) >= 11 is 9.11. The zero-order valence-corrected chi connectivity index (χ0v) is 20.5. The Morgan fingerprint density at radius 2 is 1.82 bits per heavy atom. The number of aromatic nitrogens is 3. The second kappa shape index (κ2) is 9.14. The van der Waals surface area contributed by atoms with E-state index in [2.05, 4.69) is 32.0 Å². The first-order chi connectivity index (χ1) is 16.0. The fourth-order valence-electron chi connectivity index (χ4n) is 4.03. The molecule has 0 bridgehead atoms. The normalized spacial score (nSPS) is 11.2. The number of Topliss-reactive ketones (excluding diaryl/α,β-unsaturated/α-hetero) is 1. The van der Waals surface area contributed by atoms with Crippen molar-refractivity contribution in [2.75, 3.05) is 5.75 Å². The molecular weight excluding hydrogens is 470 g/mol. The van der Waals surface area contributed by atoms with Gasteiger partial charge in [0.25, 0.3) is 0 Å². The number of thiophene rings is 1. The summed E-state index contributed by atoms with van der Waals surface area (Å²) in [4.78, 5) is 23.1. The van der Waals surface area contributed by atoms with Crippen LogP contribution in [0.5, 0.6) is 0 Å². The van der Waals surface area contributed by atoms with Crippen molar-refractivity contribution < 1.29 is 4.79 Å². The van der Waals surface area contributed by atoms with E-state index in [-0.39, 0.29) is 5.78 Å². The average Bonchev–Trinajstić information content (AvgIpc) is 3.40. The van der Waals surface area contributed by atoms with Gasteiger partial charge in [-0.3, -0.25) is 4.79 Å². The fourth-order valence-corrected chi connectivity index (χ4v) is 6.03. The van der Waals surface area contributed by atoms with Crippen LogP contribution in [0.15, 0.2) is 77.4 Å². The monoisotopic (exact) mass is 489 g/mol. The van der Waals surface area contributed by atoms with Crippen molar-refractivity contribution in [3.05, 3.63) is 94.3 Å². The van der Waals surface area contributed by atoms with Gasteiger partial charge in [-0.25, -0.2) is 9.97 Å². The van der Waals surface area contributed by atoms with Gasteiger partial charge in [-0.15, -0.1) is 11.3 Å². The molecule has 4 nitrogen and oxygen atoms in total. The second-order valence-corrected chi connectivity index (χ2v) is 9.94. The Hall–Kier alpha value is -2.93. The van der Waals surface area contributed by atoms with Gasteiger partial charge in [0.1, 0.15) is 16.2 Å². The molecule has 7 heteroatoms. The summed E-state index contributed by atoms with van der Waals surface area (Å²) in [6, 6.07) is 19.8. The number of carbonyl (C=O) groups excluding carboxylic acids is 1. The predicted molar refractivity (Wildman–Crippen MR) is 138 cm³/mol. The summed E-state index contributed by atoms with van der Waals surface area (Å²) in [7, 11) is 0. The van der Waals surface area contributed by atoms with Crippen LogP contribution in [0.3, 0.4) is 0 Å². The molecule has 2 aromatic carbocycles. The van der Waals surface area contributed by atoms with Crippen LogP contribution in [0.1, 0.15) is 21.7 Å². The van der Waals surface area contributed by atoms with Gasteiger partial charge in [-0.05, 0) is 49.7 Å². The zero-order chi connectivity index (χ0) is 22.9. The number of halogens is 1. The van der Waals surface area contributed by atoms with Crippen molar-refractivity contribution in [3.63, 3.8) is 0 Å². The van der Waals surface area contributed by atoms with E-state index >= 15 is 0 Å². The largest absolute Gasteiger partial charge is 0.318 e. The van der Waals surface area contributed by atoms with Crippen molar-refractivity contribution >= 4 is 50.7 Å². The molecule has 0 N–H and O–H groups in total. The van der Waals surface area contributed by atoms with Crippen molar-refractivity contribution in [3.8, 4) is 16.8 Å². The lowest BCUT2D eigenvalue weighted by Gasteiger charge is -2.10. The maximum atomic E-state index is 13.2. The number of aryl methyl sites for hydroxylation is 1. The third-order valence-electron chi connectivity index (χ3n) is 5.58. The molecule has 0 saturated heterocycles. The zero-order valence-electron chi connectivity index (χ0n) is 18.1. The number of fused-ring (bicyclic) bond motifs is 1. The molecule has 0 fully saturated rings. The van der Waals surface area contributed by atoms with Crippen LogP contribution >= 0.6 is 34.7 Å². The van der Waals surface area contributed by atoms with E-state index in [1.54, 1.807) is 17.7 Å². The van der Waals surface area contributed by atoms with E-state index < -0.39 is 0 Å². The van der Waals surface area contributed by atoms with Crippen LogP contribution < -0.4 is 0 Å². The Kier molecular flexibility index (Phi) is 6.06. The molecule has 0 aliphatic carbocycles. The molecule has 0 aliphatic rings. The number of thioether (sulfide) groups is 1. The summed E-state index contributed by atoms with van der Waals surface area (Å²) in [5.41, 5.74) is 5.88. The van der Waals surface area contributed by atoms with Crippen molar-refractivity contribution in [2.24, 2.45) is 0 Å². The lowest BCUT2D eigenvalue weighted by atomic mass is 10.1. The fraction of sp³-hybridized carbons (Fsp3) is 0.115. The van der Waals surface area contributed by atoms with Gasteiger partial charge >= 0.3 is 0 Å². The van der Waals surface area contributed by atoms with E-state index in [0.717, 1.165) is 49.0 Å². The summed E-state index contributed by atoms with van der Waals surface area (Å²) in [6.07, 6.45) is 1.58. The number of rotatable bonds is 6. The maximum Gasteiger partial charge on any atom is 0.174 e. The minimum atomic E-state index is 0.0802. The van der Waals surface area contributed by atoms with E-state index in [1.807, 2.05) is 62.4 Å². The molecule has 0 radical (unpaired) electrons. The van der Waals surface area contributed by atoms with Crippen LogP contribution in [-0.4, -0.2) is 26.1 Å². The third kappa shape index (κ3) is 4.22. The molecule has 3 heterocycles. The Bertz CT molecular complexity index is 1460. The molecule has 5 aromatic rings. The maximum absolute atomic E-state index is 13.2. The first-order valence-electron chi connectivity index (χ1n) is 10.4. The summed E-state index contributed by atoms with van der Waals surface area (Å²) in [5, 5.41) is 4.65. The molecule has 0 spiro atoms. The molecule has 0 aliphatic heterocycles. The molecule has 3 aromatic heterocycles. The predicted octanol–water partition coefficient (Wildman–Crippen LogP) is 7.39. The van der Waals surface area contributed by atoms with Gasteiger partial charge in [0.15, 0.2) is 5.78 Å². The van der Waals surface area contributed by atoms with Crippen molar-refractivity contribution in [2.45, 2.75) is 18.9 Å². The first kappa shape index (κ1) is 21.9. The van der Waals surface area contributed by atoms with Crippen molar-refractivity contribution in [1.29, 1.82) is 0 Å². The highest BCUT2D eigenvalue weighted by Gasteiger charge is 2.19. The molecule has 164 valence electrons. The smallest absolute Gasteiger partial charge is 0.174 e. The average molecular weight is 490 g/mol. The van der Waals surface area contributed by atoms with E-state index in [1.165, 1.54) is 11.8 Å². The highest BCUT2D eigenvalue weighted by molar-refractivity contribution is 8.00. The lowest BCUT2D eigenvalue weighted by molar-refractivity contribution is 0.102. The van der Waals surface area contributed by atoms with Crippen LogP contribution in [-0.2, 0) is 0 Å². The number of benzene rings is 2. The standard InChI is InChI=1S/C26H20ClN3OS2/c1-16-12-21(17(2)30(16)20-10-8-19(27)9-11-20)23(31)14-33-26-24-22(18-6-4-3-5-7-18)13-32-25(24)28-15-29-26/h3-13,15H,14H2,1-2H3. The van der Waals surface area contributed by atoms with E-state index in [9.17, 15) is 4.79 Å². The summed E-state index contributed by atoms with van der Waals surface area (Å²) < 4.78 is 2.09. The number of hydrogen-bond acceptors (Lipinski definition) is 5. The number of hydrogen-bond donors (Lipinski definition) is 0. The highest BCUT2D eigenvalue weighted by Crippen LogP contribution is 2.38. The molecule has 0 amide bonds. The Labute approximate surface area is 205 Å². The number of ketones is 1. The van der Waals surface area contributed by atoms with Crippen LogP contribution in [0.25, 0.3) is 27.0 Å². The third-order valence-corrected chi connectivity index (χ3v) is 7.70. The van der Waals surface area contributed by atoms with Gasteiger partial charge < -0.3 is 4.57 Å². The van der Waals surface area contributed by atoms with E-state index in [0.29, 0.717) is 10.8 Å². The van der Waals surface area contributed by atoms with Crippen LogP contribution in [0, 0.1) is 13.8 Å². The number of nitrogens with zero attached hydrogens (tertiary/aromatic N) is 3. The molecular formula is C26H20ClN3OS2. The van der Waals surface area contributed by atoms with Gasteiger partial charge in [0, 0.05) is 38.6 Å².